The average molecular weight is 249 g/mol. The molecule has 4 nitrogen and oxygen atoms in total. The summed E-state index contributed by atoms with van der Waals surface area (Å²) in [5.41, 5.74) is 5.40. The van der Waals surface area contributed by atoms with Crippen LogP contribution in [-0.4, -0.2) is 18.3 Å². The molecule has 1 saturated carbocycles. The van der Waals surface area contributed by atoms with E-state index in [2.05, 4.69) is 0 Å². The third-order valence-electron chi connectivity index (χ3n) is 3.47. The molecule has 0 heterocycles. The third-order valence-corrected chi connectivity index (χ3v) is 4.47. The van der Waals surface area contributed by atoms with Gasteiger partial charge in [0, 0.05) is 0 Å². The molecule has 0 aromatic carbocycles. The molecule has 5 heteroatoms. The molecule has 0 aromatic rings. The molecule has 0 radical (unpaired) electrons. The molecule has 0 spiro atoms. The topological polar surface area (TPSA) is 80.4 Å². The lowest BCUT2D eigenvalue weighted by molar-refractivity contribution is 0.346. The van der Waals surface area contributed by atoms with Crippen LogP contribution in [-0.2, 0) is 10.1 Å². The average Bonchev–Trinajstić information content (AvgIpc) is 2.14. The lowest BCUT2D eigenvalue weighted by Crippen LogP contribution is -2.30. The van der Waals surface area contributed by atoms with Crippen molar-refractivity contribution in [2.75, 3.05) is 0 Å². The molecule has 0 aliphatic heterocycles. The predicted octanol–water partition coefficient (Wildman–Crippen LogP) is 2.30. The summed E-state index contributed by atoms with van der Waals surface area (Å²) in [6, 6.07) is 0. The lowest BCUT2D eigenvalue weighted by atomic mass is 9.88. The highest BCUT2D eigenvalue weighted by Crippen LogP contribution is 2.26. The summed E-state index contributed by atoms with van der Waals surface area (Å²) < 4.78 is 30.3. The standard InChI is InChI=1S/C11H23NO3S/c12-11(16(13,14)15)9-8-10-6-4-2-1-3-5-7-10/h10-11H,1-9,12H2,(H,13,14,15). The van der Waals surface area contributed by atoms with E-state index in [1.165, 1.54) is 44.9 Å². The monoisotopic (exact) mass is 249 g/mol. The molecule has 0 saturated heterocycles. The highest BCUT2D eigenvalue weighted by molar-refractivity contribution is 7.86. The van der Waals surface area contributed by atoms with Gasteiger partial charge in [0.15, 0.2) is 0 Å². The van der Waals surface area contributed by atoms with Crippen LogP contribution < -0.4 is 5.73 Å². The molecule has 3 N–H and O–H groups in total. The first-order chi connectivity index (χ1) is 7.50. The van der Waals surface area contributed by atoms with Crippen molar-refractivity contribution in [1.29, 1.82) is 0 Å². The van der Waals surface area contributed by atoms with Crippen molar-refractivity contribution in [2.45, 2.75) is 63.2 Å². The summed E-state index contributed by atoms with van der Waals surface area (Å²) in [6.07, 6.45) is 9.96. The molecular weight excluding hydrogens is 226 g/mol. The maximum Gasteiger partial charge on any atom is 0.280 e. The van der Waals surface area contributed by atoms with Gasteiger partial charge in [-0.15, -0.1) is 0 Å². The van der Waals surface area contributed by atoms with Gasteiger partial charge in [-0.05, 0) is 18.8 Å². The Bertz CT molecular complexity index is 282. The van der Waals surface area contributed by atoms with Crippen molar-refractivity contribution in [3.8, 4) is 0 Å². The van der Waals surface area contributed by atoms with Gasteiger partial charge >= 0.3 is 0 Å². The molecule has 1 unspecified atom stereocenters. The van der Waals surface area contributed by atoms with Crippen molar-refractivity contribution in [2.24, 2.45) is 11.7 Å². The number of hydrogen-bond acceptors (Lipinski definition) is 3. The van der Waals surface area contributed by atoms with E-state index in [1.54, 1.807) is 0 Å². The second-order valence-corrected chi connectivity index (χ2v) is 6.48. The number of rotatable bonds is 4. The van der Waals surface area contributed by atoms with E-state index in [9.17, 15) is 8.42 Å². The summed E-state index contributed by atoms with van der Waals surface area (Å²) in [7, 11) is -4.04. The quantitative estimate of drug-likeness (QED) is 0.749. The van der Waals surface area contributed by atoms with Crippen LogP contribution in [0.15, 0.2) is 0 Å². The minimum Gasteiger partial charge on any atom is -0.313 e. The van der Waals surface area contributed by atoms with Crippen LogP contribution in [0.3, 0.4) is 0 Å². The molecule has 0 bridgehead atoms. The number of nitrogens with two attached hydrogens (primary N) is 1. The molecule has 1 rings (SSSR count). The Balaban J connectivity index is 2.29. The Kier molecular flexibility index (Phi) is 5.72. The van der Waals surface area contributed by atoms with Crippen LogP contribution in [0, 0.1) is 5.92 Å². The van der Waals surface area contributed by atoms with E-state index in [0.717, 1.165) is 6.42 Å². The second kappa shape index (κ2) is 6.57. The van der Waals surface area contributed by atoms with Gasteiger partial charge in [0.25, 0.3) is 10.1 Å². The zero-order valence-corrected chi connectivity index (χ0v) is 10.6. The fourth-order valence-electron chi connectivity index (χ4n) is 2.38. The van der Waals surface area contributed by atoms with Gasteiger partial charge in [0.1, 0.15) is 5.37 Å². The van der Waals surface area contributed by atoms with Crippen LogP contribution in [0.4, 0.5) is 0 Å². The van der Waals surface area contributed by atoms with Gasteiger partial charge in [0.05, 0.1) is 0 Å². The Morgan fingerprint density at radius 2 is 1.62 bits per heavy atom. The third kappa shape index (κ3) is 5.27. The van der Waals surface area contributed by atoms with Gasteiger partial charge in [-0.2, -0.15) is 8.42 Å². The molecule has 1 fully saturated rings. The van der Waals surface area contributed by atoms with Crippen LogP contribution in [0.1, 0.15) is 57.8 Å². The molecular formula is C11H23NO3S. The van der Waals surface area contributed by atoms with Crippen LogP contribution >= 0.6 is 0 Å². The van der Waals surface area contributed by atoms with Gasteiger partial charge in [-0.1, -0.05) is 44.9 Å². The highest BCUT2D eigenvalue weighted by Gasteiger charge is 2.20. The van der Waals surface area contributed by atoms with Crippen molar-refractivity contribution in [3.63, 3.8) is 0 Å². The fourth-order valence-corrected chi connectivity index (χ4v) is 2.81. The van der Waals surface area contributed by atoms with E-state index in [1.807, 2.05) is 0 Å². The van der Waals surface area contributed by atoms with Crippen LogP contribution in [0.5, 0.6) is 0 Å². The molecule has 96 valence electrons. The largest absolute Gasteiger partial charge is 0.313 e. The van der Waals surface area contributed by atoms with Crippen molar-refractivity contribution < 1.29 is 13.0 Å². The number of hydrogen-bond donors (Lipinski definition) is 2. The molecule has 1 aliphatic rings. The SMILES string of the molecule is NC(CCC1CCCCCCC1)S(=O)(=O)O. The summed E-state index contributed by atoms with van der Waals surface area (Å²) in [4.78, 5) is 0. The summed E-state index contributed by atoms with van der Waals surface area (Å²) >= 11 is 0. The highest BCUT2D eigenvalue weighted by atomic mass is 32.2. The van der Waals surface area contributed by atoms with E-state index >= 15 is 0 Å². The zero-order valence-electron chi connectivity index (χ0n) is 9.77. The van der Waals surface area contributed by atoms with E-state index in [0.29, 0.717) is 12.3 Å². The smallest absolute Gasteiger partial charge is 0.280 e. The maximum atomic E-state index is 10.8. The molecule has 0 aromatic heterocycles. The Morgan fingerprint density at radius 3 is 2.12 bits per heavy atom. The van der Waals surface area contributed by atoms with Crippen molar-refractivity contribution in [3.05, 3.63) is 0 Å². The summed E-state index contributed by atoms with van der Waals surface area (Å²) in [6.45, 7) is 0. The molecule has 1 aliphatic carbocycles. The summed E-state index contributed by atoms with van der Waals surface area (Å²) in [5, 5.41) is -1.10. The Labute approximate surface area is 98.4 Å². The van der Waals surface area contributed by atoms with E-state index < -0.39 is 15.5 Å². The Hall–Kier alpha value is -0.130. The molecule has 16 heavy (non-hydrogen) atoms. The Morgan fingerprint density at radius 1 is 1.12 bits per heavy atom. The van der Waals surface area contributed by atoms with Gasteiger partial charge in [-0.3, -0.25) is 4.55 Å². The first-order valence-electron chi connectivity index (χ1n) is 6.22. The normalized spacial score (nSPS) is 22.4. The first-order valence-corrected chi connectivity index (χ1v) is 7.72. The minimum absolute atomic E-state index is 0.378. The van der Waals surface area contributed by atoms with Gasteiger partial charge in [-0.25, -0.2) is 0 Å². The van der Waals surface area contributed by atoms with Crippen molar-refractivity contribution >= 4 is 10.1 Å². The molecule has 0 amide bonds. The lowest BCUT2D eigenvalue weighted by Gasteiger charge is -2.20. The second-order valence-electron chi connectivity index (χ2n) is 4.84. The fraction of sp³-hybridized carbons (Fsp3) is 1.00. The first kappa shape index (κ1) is 13.9. The van der Waals surface area contributed by atoms with Gasteiger partial charge < -0.3 is 5.73 Å². The minimum atomic E-state index is -4.04. The van der Waals surface area contributed by atoms with Gasteiger partial charge in [0.2, 0.25) is 0 Å². The van der Waals surface area contributed by atoms with Crippen LogP contribution in [0.25, 0.3) is 0 Å². The molecule has 1 atom stereocenters. The maximum absolute atomic E-state index is 10.8. The van der Waals surface area contributed by atoms with E-state index in [-0.39, 0.29) is 0 Å². The summed E-state index contributed by atoms with van der Waals surface area (Å²) in [5.74, 6) is 0.591. The van der Waals surface area contributed by atoms with Crippen LogP contribution in [0.2, 0.25) is 0 Å². The van der Waals surface area contributed by atoms with E-state index in [4.69, 9.17) is 10.3 Å². The van der Waals surface area contributed by atoms with Crippen molar-refractivity contribution in [1.82, 2.24) is 0 Å². The zero-order chi connectivity index (χ0) is 12.0. The predicted molar refractivity (Wildman–Crippen MR) is 64.6 cm³/mol.